The summed E-state index contributed by atoms with van der Waals surface area (Å²) < 4.78 is 16.1. The van der Waals surface area contributed by atoms with E-state index in [4.69, 9.17) is 14.2 Å². The Labute approximate surface area is 165 Å². The Morgan fingerprint density at radius 3 is 2.11 bits per heavy atom. The molecule has 0 aliphatic rings. The first-order valence-electron chi connectivity index (χ1n) is 9.44. The molecule has 1 N–H and O–H groups in total. The molecule has 0 aliphatic carbocycles. The smallest absolute Gasteiger partial charge is 0.325 e. The van der Waals surface area contributed by atoms with Crippen molar-refractivity contribution < 1.29 is 23.8 Å². The van der Waals surface area contributed by atoms with E-state index in [-0.39, 0.29) is 25.7 Å². The van der Waals surface area contributed by atoms with Gasteiger partial charge in [-0.15, -0.1) is 0 Å². The van der Waals surface area contributed by atoms with E-state index >= 15 is 0 Å². The molecule has 0 heterocycles. The van der Waals surface area contributed by atoms with Crippen LogP contribution in [0.25, 0.3) is 0 Å². The third-order valence-electron chi connectivity index (χ3n) is 3.91. The Balaban J connectivity index is 1.63. The SMILES string of the molecule is CCCCOc1ccc(C(=O)NCC(=O)OCCOc2ccc(C)cc2)cc1. The van der Waals surface area contributed by atoms with Crippen LogP contribution in [0.4, 0.5) is 0 Å². The van der Waals surface area contributed by atoms with Crippen molar-refractivity contribution in [1.82, 2.24) is 5.32 Å². The number of esters is 1. The number of carbonyl (C=O) groups excluding carboxylic acids is 2. The van der Waals surface area contributed by atoms with Gasteiger partial charge in [0.05, 0.1) is 6.61 Å². The molecule has 0 saturated heterocycles. The van der Waals surface area contributed by atoms with Gasteiger partial charge in [0.1, 0.15) is 31.3 Å². The predicted molar refractivity (Wildman–Crippen MR) is 107 cm³/mol. The molecule has 28 heavy (non-hydrogen) atoms. The van der Waals surface area contributed by atoms with Gasteiger partial charge in [0.15, 0.2) is 0 Å². The monoisotopic (exact) mass is 385 g/mol. The van der Waals surface area contributed by atoms with Crippen LogP contribution < -0.4 is 14.8 Å². The van der Waals surface area contributed by atoms with Crippen LogP contribution in [0.2, 0.25) is 0 Å². The van der Waals surface area contributed by atoms with Crippen molar-refractivity contribution in [3.8, 4) is 11.5 Å². The zero-order valence-electron chi connectivity index (χ0n) is 16.4. The second kappa shape index (κ2) is 11.6. The lowest BCUT2D eigenvalue weighted by atomic mass is 10.2. The normalized spacial score (nSPS) is 10.2. The predicted octanol–water partition coefficient (Wildman–Crippen LogP) is 3.53. The van der Waals surface area contributed by atoms with E-state index in [1.807, 2.05) is 31.2 Å². The van der Waals surface area contributed by atoms with E-state index < -0.39 is 5.97 Å². The zero-order chi connectivity index (χ0) is 20.2. The fraction of sp³-hybridized carbons (Fsp3) is 0.364. The van der Waals surface area contributed by atoms with Gasteiger partial charge in [-0.3, -0.25) is 9.59 Å². The van der Waals surface area contributed by atoms with Gasteiger partial charge in [0.2, 0.25) is 0 Å². The average Bonchev–Trinajstić information content (AvgIpc) is 2.71. The number of aryl methyl sites for hydroxylation is 1. The molecule has 2 aromatic carbocycles. The Morgan fingerprint density at radius 1 is 0.857 bits per heavy atom. The Hall–Kier alpha value is -3.02. The second-order valence-electron chi connectivity index (χ2n) is 6.29. The van der Waals surface area contributed by atoms with Gasteiger partial charge in [-0.05, 0) is 49.7 Å². The van der Waals surface area contributed by atoms with E-state index in [0.717, 1.165) is 29.9 Å². The van der Waals surface area contributed by atoms with Crippen LogP contribution >= 0.6 is 0 Å². The van der Waals surface area contributed by atoms with Gasteiger partial charge < -0.3 is 19.5 Å². The molecule has 6 heteroatoms. The van der Waals surface area contributed by atoms with Gasteiger partial charge in [-0.25, -0.2) is 0 Å². The number of hydrogen-bond donors (Lipinski definition) is 1. The summed E-state index contributed by atoms with van der Waals surface area (Å²) in [7, 11) is 0. The minimum atomic E-state index is -0.514. The van der Waals surface area contributed by atoms with Gasteiger partial charge >= 0.3 is 5.97 Å². The van der Waals surface area contributed by atoms with Gasteiger partial charge in [0, 0.05) is 5.56 Å². The molecule has 0 atom stereocenters. The first kappa shape index (κ1) is 21.3. The number of unbranched alkanes of at least 4 members (excludes halogenated alkanes) is 1. The molecular weight excluding hydrogens is 358 g/mol. The van der Waals surface area contributed by atoms with Crippen LogP contribution in [-0.2, 0) is 9.53 Å². The lowest BCUT2D eigenvalue weighted by Crippen LogP contribution is -2.31. The summed E-state index contributed by atoms with van der Waals surface area (Å²) in [6, 6.07) is 14.4. The standard InChI is InChI=1S/C22H27NO5/c1-3-4-13-26-20-11-7-18(8-12-20)22(25)23-16-21(24)28-15-14-27-19-9-5-17(2)6-10-19/h5-12H,3-4,13-16H2,1-2H3,(H,23,25). The van der Waals surface area contributed by atoms with Crippen LogP contribution in [0.15, 0.2) is 48.5 Å². The van der Waals surface area contributed by atoms with Crippen LogP contribution in [-0.4, -0.2) is 38.2 Å². The quantitative estimate of drug-likeness (QED) is 0.473. The number of nitrogens with one attached hydrogen (secondary N) is 1. The Bertz CT molecular complexity index is 741. The van der Waals surface area contributed by atoms with Crippen molar-refractivity contribution in [1.29, 1.82) is 0 Å². The number of ether oxygens (including phenoxy) is 3. The van der Waals surface area contributed by atoms with Crippen LogP contribution in [0.3, 0.4) is 0 Å². The van der Waals surface area contributed by atoms with Gasteiger partial charge in [-0.1, -0.05) is 31.0 Å². The molecular formula is C22H27NO5. The molecule has 0 saturated carbocycles. The largest absolute Gasteiger partial charge is 0.494 e. The van der Waals surface area contributed by atoms with Crippen molar-refractivity contribution in [2.45, 2.75) is 26.7 Å². The zero-order valence-corrected chi connectivity index (χ0v) is 16.4. The van der Waals surface area contributed by atoms with Crippen molar-refractivity contribution in [3.63, 3.8) is 0 Å². The molecule has 1 amide bonds. The lowest BCUT2D eigenvalue weighted by molar-refractivity contribution is -0.143. The third kappa shape index (κ3) is 7.70. The van der Waals surface area contributed by atoms with E-state index in [9.17, 15) is 9.59 Å². The molecule has 0 unspecified atom stereocenters. The van der Waals surface area contributed by atoms with Crippen molar-refractivity contribution in [3.05, 3.63) is 59.7 Å². The lowest BCUT2D eigenvalue weighted by Gasteiger charge is -2.09. The molecule has 0 aliphatic heterocycles. The maximum atomic E-state index is 12.1. The topological polar surface area (TPSA) is 73.9 Å². The maximum Gasteiger partial charge on any atom is 0.325 e. The van der Waals surface area contributed by atoms with E-state index in [0.29, 0.717) is 12.2 Å². The number of carbonyl (C=O) groups is 2. The van der Waals surface area contributed by atoms with E-state index in [1.54, 1.807) is 24.3 Å². The highest BCUT2D eigenvalue weighted by molar-refractivity contribution is 5.96. The summed E-state index contributed by atoms with van der Waals surface area (Å²) in [5, 5.41) is 2.54. The fourth-order valence-corrected chi connectivity index (χ4v) is 2.29. The first-order valence-corrected chi connectivity index (χ1v) is 9.44. The maximum absolute atomic E-state index is 12.1. The minimum Gasteiger partial charge on any atom is -0.494 e. The molecule has 0 bridgehead atoms. The van der Waals surface area contributed by atoms with Crippen molar-refractivity contribution in [2.24, 2.45) is 0 Å². The van der Waals surface area contributed by atoms with Gasteiger partial charge in [0.25, 0.3) is 5.91 Å². The fourth-order valence-electron chi connectivity index (χ4n) is 2.29. The van der Waals surface area contributed by atoms with Crippen LogP contribution in [0, 0.1) is 6.92 Å². The molecule has 0 spiro atoms. The minimum absolute atomic E-state index is 0.117. The van der Waals surface area contributed by atoms with E-state index in [2.05, 4.69) is 12.2 Å². The second-order valence-corrected chi connectivity index (χ2v) is 6.29. The van der Waals surface area contributed by atoms with Crippen molar-refractivity contribution in [2.75, 3.05) is 26.4 Å². The van der Waals surface area contributed by atoms with Gasteiger partial charge in [-0.2, -0.15) is 0 Å². The number of rotatable bonds is 11. The van der Waals surface area contributed by atoms with Crippen LogP contribution in [0.5, 0.6) is 11.5 Å². The molecule has 0 aromatic heterocycles. The molecule has 2 aromatic rings. The molecule has 6 nitrogen and oxygen atoms in total. The molecule has 2 rings (SSSR count). The summed E-state index contributed by atoms with van der Waals surface area (Å²) in [4.78, 5) is 23.8. The summed E-state index contributed by atoms with van der Waals surface area (Å²) in [5.41, 5.74) is 1.60. The summed E-state index contributed by atoms with van der Waals surface area (Å²) in [5.74, 6) is 0.586. The summed E-state index contributed by atoms with van der Waals surface area (Å²) >= 11 is 0. The number of hydrogen-bond acceptors (Lipinski definition) is 5. The molecule has 0 radical (unpaired) electrons. The average molecular weight is 385 g/mol. The summed E-state index contributed by atoms with van der Waals surface area (Å²) in [6.45, 7) is 4.92. The number of amides is 1. The van der Waals surface area contributed by atoms with E-state index in [1.165, 1.54) is 0 Å². The highest BCUT2D eigenvalue weighted by Gasteiger charge is 2.09. The third-order valence-corrected chi connectivity index (χ3v) is 3.91. The highest BCUT2D eigenvalue weighted by atomic mass is 16.6. The molecule has 0 fully saturated rings. The Kier molecular flexibility index (Phi) is 8.85. The number of benzene rings is 2. The molecule has 150 valence electrons. The first-order chi connectivity index (χ1) is 13.6. The van der Waals surface area contributed by atoms with Crippen LogP contribution in [0.1, 0.15) is 35.7 Å². The highest BCUT2D eigenvalue weighted by Crippen LogP contribution is 2.13. The Morgan fingerprint density at radius 2 is 1.46 bits per heavy atom. The summed E-state index contributed by atoms with van der Waals surface area (Å²) in [6.07, 6.45) is 2.05. The van der Waals surface area contributed by atoms with Crippen molar-refractivity contribution >= 4 is 11.9 Å².